The van der Waals surface area contributed by atoms with Gasteiger partial charge >= 0.3 is 11.9 Å². The third-order valence-electron chi connectivity index (χ3n) is 5.12. The molecule has 0 unspecified atom stereocenters. The van der Waals surface area contributed by atoms with Crippen molar-refractivity contribution in [2.45, 2.75) is 38.5 Å². The van der Waals surface area contributed by atoms with E-state index in [-0.39, 0.29) is 22.5 Å². The van der Waals surface area contributed by atoms with Gasteiger partial charge in [0, 0.05) is 23.3 Å². The van der Waals surface area contributed by atoms with E-state index in [2.05, 4.69) is 0 Å². The zero-order valence-electron chi connectivity index (χ0n) is 18.6. The van der Waals surface area contributed by atoms with Crippen molar-refractivity contribution < 1.29 is 33.6 Å². The Labute approximate surface area is 189 Å². The molecule has 0 radical (unpaired) electrons. The van der Waals surface area contributed by atoms with Gasteiger partial charge in [-0.2, -0.15) is 0 Å². The lowest BCUT2D eigenvalue weighted by atomic mass is 9.83. The molecule has 0 aliphatic carbocycles. The second kappa shape index (κ2) is 10.2. The number of carbonyl (C=O) groups is 2. The summed E-state index contributed by atoms with van der Waals surface area (Å²) < 4.78 is 15.1. The number of nitrogens with zero attached hydrogens (tertiary/aromatic N) is 2. The van der Waals surface area contributed by atoms with Crippen LogP contribution in [0, 0.1) is 20.2 Å². The van der Waals surface area contributed by atoms with Crippen LogP contribution in [-0.2, 0) is 34.6 Å². The quantitative estimate of drug-likeness (QED) is 0.170. The fraction of sp³-hybridized carbons (Fsp3) is 0.364. The van der Waals surface area contributed by atoms with Crippen molar-refractivity contribution in [1.29, 1.82) is 0 Å². The lowest BCUT2D eigenvalue weighted by Crippen LogP contribution is -2.34. The highest BCUT2D eigenvalue weighted by molar-refractivity contribution is 5.84. The van der Waals surface area contributed by atoms with Gasteiger partial charge in [0.25, 0.3) is 11.4 Å². The van der Waals surface area contributed by atoms with E-state index in [9.17, 15) is 29.8 Å². The van der Waals surface area contributed by atoms with Crippen LogP contribution in [0.15, 0.2) is 48.5 Å². The molecule has 0 aliphatic heterocycles. The van der Waals surface area contributed by atoms with E-state index in [4.69, 9.17) is 14.2 Å². The minimum atomic E-state index is -1.34. The lowest BCUT2D eigenvalue weighted by Gasteiger charge is -2.23. The Morgan fingerprint density at radius 1 is 0.727 bits per heavy atom. The van der Waals surface area contributed by atoms with E-state index in [0.29, 0.717) is 0 Å². The number of para-hydroxylation sites is 2. The minimum absolute atomic E-state index is 0.178. The number of benzene rings is 2. The number of ether oxygens (including phenoxy) is 3. The number of carbonyl (C=O) groups excluding carboxylic acids is 2. The lowest BCUT2D eigenvalue weighted by molar-refractivity contribution is -0.386. The molecule has 11 nitrogen and oxygen atoms in total. The molecule has 0 spiro atoms. The summed E-state index contributed by atoms with van der Waals surface area (Å²) in [7, 11) is 0. The zero-order chi connectivity index (χ0) is 24.8. The van der Waals surface area contributed by atoms with Crippen LogP contribution in [0.1, 0.15) is 38.8 Å². The summed E-state index contributed by atoms with van der Waals surface area (Å²) in [5, 5.41) is 22.5. The van der Waals surface area contributed by atoms with E-state index >= 15 is 0 Å². The molecule has 176 valence electrons. The predicted octanol–water partition coefficient (Wildman–Crippen LogP) is 3.78. The third-order valence-corrected chi connectivity index (χ3v) is 5.12. The van der Waals surface area contributed by atoms with Gasteiger partial charge in [0.1, 0.15) is 0 Å². The third kappa shape index (κ3) is 5.69. The summed E-state index contributed by atoms with van der Waals surface area (Å²) in [5.74, 6) is -1.55. The van der Waals surface area contributed by atoms with Crippen LogP contribution in [0.4, 0.5) is 11.4 Å². The molecule has 0 heterocycles. The van der Waals surface area contributed by atoms with Crippen LogP contribution in [0.3, 0.4) is 0 Å². The summed E-state index contributed by atoms with van der Waals surface area (Å²) >= 11 is 0. The van der Waals surface area contributed by atoms with Crippen LogP contribution in [0.2, 0.25) is 0 Å². The van der Waals surface area contributed by atoms with E-state index in [0.717, 1.165) is 0 Å². The SMILES string of the molecule is CC(C)(C(=O)OCOCOC(=O)C(C)(C)c1ccccc1[N+](=O)[O-])c1ccccc1[N+](=O)[O-]. The first kappa shape index (κ1) is 25.4. The van der Waals surface area contributed by atoms with E-state index < -0.39 is 46.2 Å². The Bertz CT molecular complexity index is 980. The van der Waals surface area contributed by atoms with E-state index in [1.165, 1.54) is 64.1 Å². The van der Waals surface area contributed by atoms with Crippen molar-refractivity contribution >= 4 is 23.3 Å². The molecule has 0 aromatic heterocycles. The van der Waals surface area contributed by atoms with Crippen LogP contribution in [0.5, 0.6) is 0 Å². The number of hydrogen-bond donors (Lipinski definition) is 0. The van der Waals surface area contributed by atoms with Gasteiger partial charge < -0.3 is 14.2 Å². The Morgan fingerprint density at radius 2 is 1.06 bits per heavy atom. The highest BCUT2D eigenvalue weighted by atomic mass is 16.8. The van der Waals surface area contributed by atoms with Gasteiger partial charge in [-0.15, -0.1) is 0 Å². The second-order valence-electron chi connectivity index (χ2n) is 8.10. The molecule has 2 rings (SSSR count). The molecule has 2 aromatic carbocycles. The normalized spacial score (nSPS) is 11.5. The maximum Gasteiger partial charge on any atom is 0.318 e. The summed E-state index contributed by atoms with van der Waals surface area (Å²) in [4.78, 5) is 46.3. The molecule has 2 aromatic rings. The standard InChI is InChI=1S/C22H24N2O9/c1-21(2,15-9-5-7-11-17(15)23(27)28)19(25)32-13-31-14-33-20(26)22(3,4)16-10-6-8-12-18(16)24(29)30/h5-12H,13-14H2,1-4H3. The topological polar surface area (TPSA) is 148 Å². The molecule has 0 bridgehead atoms. The van der Waals surface area contributed by atoms with Crippen molar-refractivity contribution in [3.63, 3.8) is 0 Å². The second-order valence-corrected chi connectivity index (χ2v) is 8.10. The monoisotopic (exact) mass is 460 g/mol. The van der Waals surface area contributed by atoms with E-state index in [1.807, 2.05) is 0 Å². The first-order valence-electron chi connectivity index (χ1n) is 9.80. The first-order valence-corrected chi connectivity index (χ1v) is 9.80. The minimum Gasteiger partial charge on any atom is -0.438 e. The average molecular weight is 460 g/mol. The largest absolute Gasteiger partial charge is 0.438 e. The van der Waals surface area contributed by atoms with Gasteiger partial charge in [-0.25, -0.2) is 0 Å². The van der Waals surface area contributed by atoms with Gasteiger partial charge in [0.05, 0.1) is 20.7 Å². The van der Waals surface area contributed by atoms with E-state index in [1.54, 1.807) is 12.1 Å². The summed E-state index contributed by atoms with van der Waals surface area (Å²) in [6.45, 7) is 4.78. The van der Waals surface area contributed by atoms with Crippen LogP contribution < -0.4 is 0 Å². The summed E-state index contributed by atoms with van der Waals surface area (Å²) in [6.07, 6.45) is 0. The van der Waals surface area contributed by atoms with Gasteiger partial charge in [-0.05, 0) is 27.7 Å². The van der Waals surface area contributed by atoms with Crippen molar-refractivity contribution in [1.82, 2.24) is 0 Å². The van der Waals surface area contributed by atoms with Crippen LogP contribution in [0.25, 0.3) is 0 Å². The van der Waals surface area contributed by atoms with Crippen molar-refractivity contribution in [3.05, 3.63) is 79.9 Å². The number of nitro groups is 2. The Morgan fingerprint density at radius 3 is 1.39 bits per heavy atom. The fourth-order valence-electron chi connectivity index (χ4n) is 3.13. The van der Waals surface area contributed by atoms with Gasteiger partial charge in [-0.1, -0.05) is 36.4 Å². The average Bonchev–Trinajstić information content (AvgIpc) is 2.78. The Hall–Kier alpha value is -3.86. The highest BCUT2D eigenvalue weighted by Crippen LogP contribution is 2.33. The van der Waals surface area contributed by atoms with Crippen molar-refractivity contribution in [2.24, 2.45) is 0 Å². The molecule has 0 atom stereocenters. The Balaban J connectivity index is 1.93. The Kier molecular flexibility index (Phi) is 7.83. The molecular formula is C22H24N2O9. The van der Waals surface area contributed by atoms with Gasteiger partial charge in [0.2, 0.25) is 0 Å². The van der Waals surface area contributed by atoms with Crippen LogP contribution >= 0.6 is 0 Å². The number of hydrogen-bond acceptors (Lipinski definition) is 9. The first-order chi connectivity index (χ1) is 15.4. The molecule has 0 saturated heterocycles. The molecule has 0 amide bonds. The maximum atomic E-state index is 12.5. The smallest absolute Gasteiger partial charge is 0.318 e. The highest BCUT2D eigenvalue weighted by Gasteiger charge is 2.38. The summed E-state index contributed by atoms with van der Waals surface area (Å²) in [6, 6.07) is 11.6. The number of esters is 2. The predicted molar refractivity (Wildman–Crippen MR) is 115 cm³/mol. The number of rotatable bonds is 10. The molecule has 0 aliphatic rings. The molecule has 0 fully saturated rings. The van der Waals surface area contributed by atoms with Gasteiger partial charge in [0.15, 0.2) is 13.6 Å². The van der Waals surface area contributed by atoms with Crippen LogP contribution in [-0.4, -0.2) is 35.4 Å². The molecule has 0 N–H and O–H groups in total. The number of nitro benzene ring substituents is 2. The maximum absolute atomic E-state index is 12.5. The zero-order valence-corrected chi connectivity index (χ0v) is 18.6. The molecule has 11 heteroatoms. The molecule has 0 saturated carbocycles. The molecule has 33 heavy (non-hydrogen) atoms. The molecular weight excluding hydrogens is 436 g/mol. The fourth-order valence-corrected chi connectivity index (χ4v) is 3.13. The summed E-state index contributed by atoms with van der Waals surface area (Å²) in [5.41, 5.74) is -2.75. The van der Waals surface area contributed by atoms with Gasteiger partial charge in [-0.3, -0.25) is 29.8 Å². The van der Waals surface area contributed by atoms with Crippen molar-refractivity contribution in [3.8, 4) is 0 Å². The van der Waals surface area contributed by atoms with Crippen molar-refractivity contribution in [2.75, 3.05) is 13.6 Å².